The molecule has 4 aliphatic rings. The number of rotatable bonds is 4. The summed E-state index contributed by atoms with van der Waals surface area (Å²) in [6.45, 7) is 7.62. The second-order valence-electron chi connectivity index (χ2n) is 9.82. The van der Waals surface area contributed by atoms with Crippen molar-refractivity contribution in [3.63, 3.8) is 0 Å². The second kappa shape index (κ2) is 7.24. The van der Waals surface area contributed by atoms with E-state index in [2.05, 4.69) is 38.2 Å². The van der Waals surface area contributed by atoms with Crippen molar-refractivity contribution in [3.8, 4) is 0 Å². The standard InChI is InChI=1S/C24H35NO2/c1-15(2)18-9-11-24(3)12-10-19-20(22(18)24)8-7-16(13-21(19)26)14-25-23(27)17-5-4-6-17/h7-8,15,17,19,21,26H,4-6,9-14H2,1-3H3,(H,25,27)/t19-,21+,24-/m1/s1. The molecule has 0 aromatic heterocycles. The van der Waals surface area contributed by atoms with Crippen LogP contribution in [0.2, 0.25) is 0 Å². The number of nitrogens with one attached hydrogen (secondary N) is 1. The van der Waals surface area contributed by atoms with Crippen LogP contribution in [0.4, 0.5) is 0 Å². The number of amides is 1. The lowest BCUT2D eigenvalue weighted by Crippen LogP contribution is -2.36. The predicted molar refractivity (Wildman–Crippen MR) is 109 cm³/mol. The summed E-state index contributed by atoms with van der Waals surface area (Å²) in [6.07, 6.45) is 12.8. The van der Waals surface area contributed by atoms with Crippen LogP contribution >= 0.6 is 0 Å². The Balaban J connectivity index is 1.58. The lowest BCUT2D eigenvalue weighted by molar-refractivity contribution is -0.127. The molecular formula is C24H35NO2. The third-order valence-corrected chi connectivity index (χ3v) is 7.66. The van der Waals surface area contributed by atoms with Crippen molar-refractivity contribution in [2.24, 2.45) is 23.2 Å². The van der Waals surface area contributed by atoms with Gasteiger partial charge >= 0.3 is 0 Å². The summed E-state index contributed by atoms with van der Waals surface area (Å²) in [5.41, 5.74) is 6.00. The fourth-order valence-electron chi connectivity index (χ4n) is 5.66. The smallest absolute Gasteiger partial charge is 0.223 e. The van der Waals surface area contributed by atoms with Gasteiger partial charge in [0.25, 0.3) is 0 Å². The molecule has 0 unspecified atom stereocenters. The van der Waals surface area contributed by atoms with Crippen LogP contribution in [-0.2, 0) is 4.79 Å². The Kier molecular flexibility index (Phi) is 5.09. The van der Waals surface area contributed by atoms with Crippen molar-refractivity contribution < 1.29 is 9.90 Å². The number of carbonyl (C=O) groups is 1. The second-order valence-corrected chi connectivity index (χ2v) is 9.82. The van der Waals surface area contributed by atoms with Gasteiger partial charge in [-0.05, 0) is 73.0 Å². The molecule has 3 heteroatoms. The minimum Gasteiger partial charge on any atom is -0.392 e. The minimum atomic E-state index is -0.336. The highest BCUT2D eigenvalue weighted by Gasteiger charge is 2.46. The van der Waals surface area contributed by atoms with Gasteiger partial charge in [-0.15, -0.1) is 0 Å². The molecule has 0 bridgehead atoms. The van der Waals surface area contributed by atoms with Gasteiger partial charge in [-0.3, -0.25) is 4.79 Å². The van der Waals surface area contributed by atoms with E-state index in [0.717, 1.165) is 24.8 Å². The number of fused-ring (bicyclic) bond motifs is 3. The van der Waals surface area contributed by atoms with E-state index in [0.29, 0.717) is 24.3 Å². The minimum absolute atomic E-state index is 0.194. The van der Waals surface area contributed by atoms with E-state index in [1.807, 2.05) is 0 Å². The van der Waals surface area contributed by atoms with Gasteiger partial charge in [0.1, 0.15) is 0 Å². The molecule has 0 aliphatic heterocycles. The van der Waals surface area contributed by atoms with Crippen molar-refractivity contribution in [2.45, 2.75) is 78.2 Å². The van der Waals surface area contributed by atoms with Gasteiger partial charge in [0.05, 0.1) is 6.10 Å². The van der Waals surface area contributed by atoms with Gasteiger partial charge in [-0.2, -0.15) is 0 Å². The molecule has 2 N–H and O–H groups in total. The molecular weight excluding hydrogens is 334 g/mol. The normalized spacial score (nSPS) is 33.7. The Morgan fingerprint density at radius 1 is 1.26 bits per heavy atom. The maximum absolute atomic E-state index is 12.2. The Hall–Kier alpha value is -1.35. The first-order valence-corrected chi connectivity index (χ1v) is 11.0. The van der Waals surface area contributed by atoms with E-state index >= 15 is 0 Å². The molecule has 0 aromatic carbocycles. The molecule has 0 spiro atoms. The van der Waals surface area contributed by atoms with E-state index in [9.17, 15) is 9.90 Å². The van der Waals surface area contributed by atoms with Crippen LogP contribution in [0.3, 0.4) is 0 Å². The number of hydrogen-bond donors (Lipinski definition) is 2. The van der Waals surface area contributed by atoms with Crippen molar-refractivity contribution in [2.75, 3.05) is 6.54 Å². The largest absolute Gasteiger partial charge is 0.392 e. The molecule has 4 rings (SSSR count). The molecule has 148 valence electrons. The van der Waals surface area contributed by atoms with Crippen LogP contribution in [0, 0.1) is 23.2 Å². The molecule has 3 atom stereocenters. The van der Waals surface area contributed by atoms with E-state index < -0.39 is 0 Å². The van der Waals surface area contributed by atoms with Crippen molar-refractivity contribution in [3.05, 3.63) is 34.4 Å². The Labute approximate surface area is 164 Å². The van der Waals surface area contributed by atoms with E-state index in [1.54, 1.807) is 11.1 Å². The SMILES string of the molecule is CC(C)C1=C2C3=CC=C(CNC(=O)C4CCC4)C[C@H](O)[C@@H]3CC[C@@]2(C)CC1. The van der Waals surface area contributed by atoms with Gasteiger partial charge in [-0.25, -0.2) is 0 Å². The van der Waals surface area contributed by atoms with Gasteiger partial charge in [0, 0.05) is 18.4 Å². The quantitative estimate of drug-likeness (QED) is 0.756. The zero-order chi connectivity index (χ0) is 19.2. The Morgan fingerprint density at radius 3 is 2.70 bits per heavy atom. The van der Waals surface area contributed by atoms with Gasteiger partial charge in [0.15, 0.2) is 0 Å². The van der Waals surface area contributed by atoms with Crippen LogP contribution in [-0.4, -0.2) is 23.7 Å². The molecule has 0 aromatic rings. The number of allylic oxidation sites excluding steroid dienone is 4. The lowest BCUT2D eigenvalue weighted by Gasteiger charge is -2.41. The third-order valence-electron chi connectivity index (χ3n) is 7.66. The number of aliphatic hydroxyl groups is 1. The summed E-state index contributed by atoms with van der Waals surface area (Å²) in [7, 11) is 0. The topological polar surface area (TPSA) is 49.3 Å². The molecule has 2 saturated carbocycles. The van der Waals surface area contributed by atoms with E-state index in [4.69, 9.17) is 0 Å². The van der Waals surface area contributed by atoms with Crippen molar-refractivity contribution in [1.29, 1.82) is 0 Å². The lowest BCUT2D eigenvalue weighted by atomic mass is 9.64. The van der Waals surface area contributed by atoms with E-state index in [1.165, 1.54) is 31.3 Å². The van der Waals surface area contributed by atoms with Crippen LogP contribution in [0.25, 0.3) is 0 Å². The average molecular weight is 370 g/mol. The fourth-order valence-corrected chi connectivity index (χ4v) is 5.66. The monoisotopic (exact) mass is 369 g/mol. The maximum Gasteiger partial charge on any atom is 0.223 e. The van der Waals surface area contributed by atoms with Crippen molar-refractivity contribution >= 4 is 5.91 Å². The molecule has 0 radical (unpaired) electrons. The average Bonchev–Trinajstić information content (AvgIpc) is 2.84. The molecule has 4 aliphatic carbocycles. The summed E-state index contributed by atoms with van der Waals surface area (Å²) in [5, 5.41) is 14.1. The van der Waals surface area contributed by atoms with Crippen LogP contribution in [0.15, 0.2) is 34.4 Å². The summed E-state index contributed by atoms with van der Waals surface area (Å²) in [4.78, 5) is 12.2. The number of carbonyl (C=O) groups excluding carboxylic acids is 1. The summed E-state index contributed by atoms with van der Waals surface area (Å²) in [6, 6.07) is 0. The Bertz CT molecular complexity index is 710. The number of aliphatic hydroxyl groups excluding tert-OH is 1. The molecule has 1 amide bonds. The molecule has 3 nitrogen and oxygen atoms in total. The fraction of sp³-hybridized carbons (Fsp3) is 0.708. The highest BCUT2D eigenvalue weighted by atomic mass is 16.3. The van der Waals surface area contributed by atoms with Crippen LogP contribution < -0.4 is 5.32 Å². The zero-order valence-corrected chi connectivity index (χ0v) is 17.2. The predicted octanol–water partition coefficient (Wildman–Crippen LogP) is 4.68. The first-order chi connectivity index (χ1) is 12.9. The van der Waals surface area contributed by atoms with Gasteiger partial charge in [0.2, 0.25) is 5.91 Å². The molecule has 2 fully saturated rings. The summed E-state index contributed by atoms with van der Waals surface area (Å²) < 4.78 is 0. The first-order valence-electron chi connectivity index (χ1n) is 11.0. The van der Waals surface area contributed by atoms with Crippen LogP contribution in [0.1, 0.15) is 72.1 Å². The van der Waals surface area contributed by atoms with Crippen LogP contribution in [0.5, 0.6) is 0 Å². The van der Waals surface area contributed by atoms with E-state index in [-0.39, 0.29) is 23.8 Å². The molecule has 0 heterocycles. The summed E-state index contributed by atoms with van der Waals surface area (Å²) >= 11 is 0. The zero-order valence-electron chi connectivity index (χ0n) is 17.2. The maximum atomic E-state index is 12.2. The third kappa shape index (κ3) is 3.44. The highest BCUT2D eigenvalue weighted by molar-refractivity contribution is 5.79. The Morgan fingerprint density at radius 2 is 2.04 bits per heavy atom. The highest BCUT2D eigenvalue weighted by Crippen LogP contribution is 2.57. The number of hydrogen-bond acceptors (Lipinski definition) is 2. The van der Waals surface area contributed by atoms with Gasteiger partial charge < -0.3 is 10.4 Å². The van der Waals surface area contributed by atoms with Gasteiger partial charge in [-0.1, -0.05) is 44.9 Å². The summed E-state index contributed by atoms with van der Waals surface area (Å²) in [5.74, 6) is 1.24. The first kappa shape index (κ1) is 19.0. The molecule has 0 saturated heterocycles. The van der Waals surface area contributed by atoms with Crippen molar-refractivity contribution in [1.82, 2.24) is 5.32 Å². The molecule has 27 heavy (non-hydrogen) atoms.